The molecule has 0 aliphatic heterocycles. The zero-order valence-electron chi connectivity index (χ0n) is 10.6. The molecule has 0 aromatic rings. The van der Waals surface area contributed by atoms with E-state index in [0.717, 1.165) is 13.0 Å². The van der Waals surface area contributed by atoms with E-state index in [1.807, 2.05) is 0 Å². The maximum atomic E-state index is 8.74. The summed E-state index contributed by atoms with van der Waals surface area (Å²) < 4.78 is 10.7. The number of methoxy groups -OCH3 is 1. The molecule has 0 saturated carbocycles. The van der Waals surface area contributed by atoms with Gasteiger partial charge in [-0.3, -0.25) is 0 Å². The molecule has 92 valence electrons. The minimum absolute atomic E-state index is 0.0321. The molecule has 3 heteroatoms. The van der Waals surface area contributed by atoms with E-state index >= 15 is 0 Å². The molecule has 15 heavy (non-hydrogen) atoms. The van der Waals surface area contributed by atoms with Crippen molar-refractivity contribution in [1.29, 1.82) is 0 Å². The van der Waals surface area contributed by atoms with Gasteiger partial charge in [-0.25, -0.2) is 0 Å². The van der Waals surface area contributed by atoms with E-state index in [0.29, 0.717) is 18.4 Å². The van der Waals surface area contributed by atoms with Crippen LogP contribution in [0.3, 0.4) is 0 Å². The summed E-state index contributed by atoms with van der Waals surface area (Å²) in [7, 11) is 1.65. The summed E-state index contributed by atoms with van der Waals surface area (Å²) in [6, 6.07) is 0. The van der Waals surface area contributed by atoms with E-state index in [-0.39, 0.29) is 12.7 Å². The Morgan fingerprint density at radius 2 is 1.93 bits per heavy atom. The highest BCUT2D eigenvalue weighted by Crippen LogP contribution is 2.20. The van der Waals surface area contributed by atoms with Crippen LogP contribution in [0.15, 0.2) is 0 Å². The molecule has 0 saturated heterocycles. The Labute approximate surface area is 93.8 Å². The monoisotopic (exact) mass is 218 g/mol. The summed E-state index contributed by atoms with van der Waals surface area (Å²) >= 11 is 0. The molecule has 0 aliphatic rings. The molecule has 0 rings (SSSR count). The van der Waals surface area contributed by atoms with Crippen molar-refractivity contribution >= 4 is 0 Å². The molecule has 1 unspecified atom stereocenters. The van der Waals surface area contributed by atoms with Crippen LogP contribution in [-0.4, -0.2) is 38.1 Å². The zero-order chi connectivity index (χ0) is 11.7. The van der Waals surface area contributed by atoms with Crippen LogP contribution in [0.4, 0.5) is 0 Å². The SMILES string of the molecule is COC(CCO)COCCCC(C)(C)C. The maximum Gasteiger partial charge on any atom is 0.0826 e. The van der Waals surface area contributed by atoms with Crippen molar-refractivity contribution in [1.82, 2.24) is 0 Å². The van der Waals surface area contributed by atoms with Gasteiger partial charge in [0.05, 0.1) is 12.7 Å². The van der Waals surface area contributed by atoms with Crippen LogP contribution in [0.25, 0.3) is 0 Å². The summed E-state index contributed by atoms with van der Waals surface area (Å²) in [5, 5.41) is 8.74. The van der Waals surface area contributed by atoms with Crippen molar-refractivity contribution < 1.29 is 14.6 Å². The molecule has 0 radical (unpaired) electrons. The van der Waals surface area contributed by atoms with Crippen LogP contribution in [0.2, 0.25) is 0 Å². The van der Waals surface area contributed by atoms with Gasteiger partial charge >= 0.3 is 0 Å². The molecule has 0 aliphatic carbocycles. The van der Waals surface area contributed by atoms with Gasteiger partial charge < -0.3 is 14.6 Å². The van der Waals surface area contributed by atoms with Crippen molar-refractivity contribution in [2.75, 3.05) is 26.9 Å². The predicted octanol–water partition coefficient (Wildman–Crippen LogP) is 2.23. The molecular weight excluding hydrogens is 192 g/mol. The number of hydrogen-bond acceptors (Lipinski definition) is 3. The Kier molecular flexibility index (Phi) is 8.02. The molecule has 3 nitrogen and oxygen atoms in total. The lowest BCUT2D eigenvalue weighted by Gasteiger charge is -2.18. The van der Waals surface area contributed by atoms with Gasteiger partial charge in [0.25, 0.3) is 0 Å². The second kappa shape index (κ2) is 8.08. The Bertz CT molecular complexity index is 140. The first-order valence-corrected chi connectivity index (χ1v) is 5.71. The smallest absolute Gasteiger partial charge is 0.0826 e. The summed E-state index contributed by atoms with van der Waals surface area (Å²) in [5.41, 5.74) is 0.384. The second-order valence-corrected chi connectivity index (χ2v) is 5.11. The minimum atomic E-state index is 0.0321. The largest absolute Gasteiger partial charge is 0.396 e. The van der Waals surface area contributed by atoms with Gasteiger partial charge in [0.15, 0.2) is 0 Å². The van der Waals surface area contributed by atoms with E-state index in [9.17, 15) is 0 Å². The number of aliphatic hydroxyl groups excluding tert-OH is 1. The number of aliphatic hydroxyl groups is 1. The predicted molar refractivity (Wildman–Crippen MR) is 62.0 cm³/mol. The summed E-state index contributed by atoms with van der Waals surface area (Å²) in [5.74, 6) is 0. The van der Waals surface area contributed by atoms with Crippen LogP contribution in [0.1, 0.15) is 40.0 Å². The Hall–Kier alpha value is -0.120. The van der Waals surface area contributed by atoms with Crippen LogP contribution >= 0.6 is 0 Å². The van der Waals surface area contributed by atoms with Crippen LogP contribution in [-0.2, 0) is 9.47 Å². The van der Waals surface area contributed by atoms with Gasteiger partial charge in [0.1, 0.15) is 0 Å². The fraction of sp³-hybridized carbons (Fsp3) is 1.00. The van der Waals surface area contributed by atoms with Gasteiger partial charge in [-0.1, -0.05) is 20.8 Å². The highest BCUT2D eigenvalue weighted by molar-refractivity contribution is 4.61. The van der Waals surface area contributed by atoms with E-state index in [2.05, 4.69) is 20.8 Å². The highest BCUT2D eigenvalue weighted by Gasteiger charge is 2.10. The van der Waals surface area contributed by atoms with E-state index in [1.165, 1.54) is 6.42 Å². The third kappa shape index (κ3) is 10.2. The van der Waals surface area contributed by atoms with Crippen molar-refractivity contribution in [3.05, 3.63) is 0 Å². The normalized spacial score (nSPS) is 14.2. The fourth-order valence-electron chi connectivity index (χ4n) is 1.33. The molecule has 0 spiro atoms. The number of rotatable bonds is 8. The topological polar surface area (TPSA) is 38.7 Å². The van der Waals surface area contributed by atoms with Gasteiger partial charge in [-0.2, -0.15) is 0 Å². The molecular formula is C12H26O3. The fourth-order valence-corrected chi connectivity index (χ4v) is 1.33. The molecule has 0 aromatic carbocycles. The second-order valence-electron chi connectivity index (χ2n) is 5.11. The van der Waals surface area contributed by atoms with Gasteiger partial charge in [0.2, 0.25) is 0 Å². The van der Waals surface area contributed by atoms with Crippen molar-refractivity contribution in [3.63, 3.8) is 0 Å². The Morgan fingerprint density at radius 1 is 1.27 bits per heavy atom. The first-order chi connectivity index (χ1) is 6.99. The van der Waals surface area contributed by atoms with Gasteiger partial charge in [-0.15, -0.1) is 0 Å². The van der Waals surface area contributed by atoms with Crippen LogP contribution in [0.5, 0.6) is 0 Å². The van der Waals surface area contributed by atoms with E-state index < -0.39 is 0 Å². The standard InChI is InChI=1S/C12H26O3/c1-12(2,3)7-5-9-15-10-11(14-4)6-8-13/h11,13H,5-10H2,1-4H3. The maximum absolute atomic E-state index is 8.74. The summed E-state index contributed by atoms with van der Waals surface area (Å²) in [6.45, 7) is 8.22. The molecule has 0 heterocycles. The molecule has 1 N–H and O–H groups in total. The average Bonchev–Trinajstić information content (AvgIpc) is 2.14. The summed E-state index contributed by atoms with van der Waals surface area (Å²) in [4.78, 5) is 0. The van der Waals surface area contributed by atoms with Crippen LogP contribution < -0.4 is 0 Å². The summed E-state index contributed by atoms with van der Waals surface area (Å²) in [6.07, 6.45) is 2.93. The van der Waals surface area contributed by atoms with Crippen molar-refractivity contribution in [2.45, 2.75) is 46.1 Å². The first kappa shape index (κ1) is 14.9. The number of hydrogen-bond donors (Lipinski definition) is 1. The minimum Gasteiger partial charge on any atom is -0.396 e. The van der Waals surface area contributed by atoms with Crippen LogP contribution in [0, 0.1) is 5.41 Å². The lowest BCUT2D eigenvalue weighted by Crippen LogP contribution is -2.20. The Morgan fingerprint density at radius 3 is 2.40 bits per heavy atom. The quantitative estimate of drug-likeness (QED) is 0.635. The molecule has 0 amide bonds. The Balaban J connectivity index is 3.36. The lowest BCUT2D eigenvalue weighted by atomic mass is 9.91. The van der Waals surface area contributed by atoms with Crippen molar-refractivity contribution in [2.24, 2.45) is 5.41 Å². The van der Waals surface area contributed by atoms with Crippen molar-refractivity contribution in [3.8, 4) is 0 Å². The third-order valence-electron chi connectivity index (χ3n) is 2.30. The first-order valence-electron chi connectivity index (χ1n) is 5.71. The number of ether oxygens (including phenoxy) is 2. The average molecular weight is 218 g/mol. The highest BCUT2D eigenvalue weighted by atomic mass is 16.5. The van der Waals surface area contributed by atoms with E-state index in [4.69, 9.17) is 14.6 Å². The van der Waals surface area contributed by atoms with E-state index in [1.54, 1.807) is 7.11 Å². The lowest BCUT2D eigenvalue weighted by molar-refractivity contribution is -0.00520. The molecule has 0 fully saturated rings. The molecule has 1 atom stereocenters. The third-order valence-corrected chi connectivity index (χ3v) is 2.30. The molecule has 0 aromatic heterocycles. The molecule has 0 bridgehead atoms. The van der Waals surface area contributed by atoms with Gasteiger partial charge in [0, 0.05) is 20.3 Å². The van der Waals surface area contributed by atoms with Gasteiger partial charge in [-0.05, 0) is 24.7 Å². The zero-order valence-corrected chi connectivity index (χ0v) is 10.6.